The molecular weight excluding hydrogens is 278 g/mol. The van der Waals surface area contributed by atoms with Crippen LogP contribution < -0.4 is 5.32 Å². The number of ether oxygens (including phenoxy) is 1. The van der Waals surface area contributed by atoms with Crippen LogP contribution in [-0.4, -0.2) is 68.3 Å². The van der Waals surface area contributed by atoms with Crippen LogP contribution in [-0.2, 0) is 4.74 Å². The van der Waals surface area contributed by atoms with Crippen molar-refractivity contribution in [1.29, 1.82) is 0 Å². The molecule has 5 nitrogen and oxygen atoms in total. The van der Waals surface area contributed by atoms with E-state index in [1.165, 1.54) is 25.7 Å². The van der Waals surface area contributed by atoms with Crippen molar-refractivity contribution in [2.75, 3.05) is 40.4 Å². The second-order valence-electron chi connectivity index (χ2n) is 7.02. The minimum atomic E-state index is 0.0296. The van der Waals surface area contributed by atoms with Gasteiger partial charge in [0.15, 0.2) is 0 Å². The van der Waals surface area contributed by atoms with E-state index >= 15 is 0 Å². The van der Waals surface area contributed by atoms with Crippen LogP contribution in [0.4, 0.5) is 4.79 Å². The van der Waals surface area contributed by atoms with E-state index in [2.05, 4.69) is 17.1 Å². The fourth-order valence-corrected chi connectivity index (χ4v) is 3.80. The van der Waals surface area contributed by atoms with Gasteiger partial charge in [0.2, 0.25) is 0 Å². The molecular formula is C17H33N3O2. The zero-order valence-corrected chi connectivity index (χ0v) is 14.5. The van der Waals surface area contributed by atoms with E-state index in [1.54, 1.807) is 7.11 Å². The van der Waals surface area contributed by atoms with Gasteiger partial charge in [-0.3, -0.25) is 0 Å². The standard InChI is InChI=1S/C17H33N3O2/c1-14-4-6-16(7-5-14)20-11-8-15(9-12-20)19(2)17(21)18-10-13-22-3/h14-16H,4-13H2,1-3H3,(H,18,21). The van der Waals surface area contributed by atoms with E-state index in [4.69, 9.17) is 4.74 Å². The van der Waals surface area contributed by atoms with Gasteiger partial charge in [0.1, 0.15) is 0 Å². The molecule has 2 aliphatic rings. The minimum Gasteiger partial charge on any atom is -0.383 e. The van der Waals surface area contributed by atoms with Gasteiger partial charge in [0, 0.05) is 45.9 Å². The highest BCUT2D eigenvalue weighted by atomic mass is 16.5. The summed E-state index contributed by atoms with van der Waals surface area (Å²) in [5.41, 5.74) is 0. The quantitative estimate of drug-likeness (QED) is 0.793. The Morgan fingerprint density at radius 1 is 1.18 bits per heavy atom. The third kappa shape index (κ3) is 4.85. The number of nitrogens with one attached hydrogen (secondary N) is 1. The predicted molar refractivity (Wildman–Crippen MR) is 89.1 cm³/mol. The Morgan fingerprint density at radius 2 is 1.82 bits per heavy atom. The minimum absolute atomic E-state index is 0.0296. The lowest BCUT2D eigenvalue weighted by molar-refractivity contribution is 0.0819. The van der Waals surface area contributed by atoms with Crippen LogP contribution in [0.15, 0.2) is 0 Å². The van der Waals surface area contributed by atoms with E-state index in [0.717, 1.165) is 37.9 Å². The largest absolute Gasteiger partial charge is 0.383 e. The van der Waals surface area contributed by atoms with Crippen molar-refractivity contribution in [1.82, 2.24) is 15.1 Å². The molecule has 0 aromatic heterocycles. The lowest BCUT2D eigenvalue weighted by Gasteiger charge is -2.42. The van der Waals surface area contributed by atoms with Gasteiger partial charge in [-0.15, -0.1) is 0 Å². The fraction of sp³-hybridized carbons (Fsp3) is 0.941. The lowest BCUT2D eigenvalue weighted by atomic mass is 9.85. The molecule has 0 unspecified atom stereocenters. The highest BCUT2D eigenvalue weighted by molar-refractivity contribution is 5.74. The van der Waals surface area contributed by atoms with E-state index in [0.29, 0.717) is 19.2 Å². The number of piperidine rings is 1. The molecule has 0 aromatic carbocycles. The van der Waals surface area contributed by atoms with Gasteiger partial charge in [-0.2, -0.15) is 0 Å². The van der Waals surface area contributed by atoms with Gasteiger partial charge in [-0.25, -0.2) is 4.79 Å². The molecule has 2 rings (SSSR count). The average molecular weight is 311 g/mol. The maximum atomic E-state index is 12.1. The van der Waals surface area contributed by atoms with Gasteiger partial charge in [-0.1, -0.05) is 6.92 Å². The summed E-state index contributed by atoms with van der Waals surface area (Å²) in [6.45, 7) is 5.80. The van der Waals surface area contributed by atoms with Gasteiger partial charge >= 0.3 is 6.03 Å². The number of carbonyl (C=O) groups is 1. The van der Waals surface area contributed by atoms with Crippen LogP contribution in [0.2, 0.25) is 0 Å². The molecule has 1 aliphatic carbocycles. The molecule has 5 heteroatoms. The lowest BCUT2D eigenvalue weighted by Crippen LogP contribution is -2.51. The Hall–Kier alpha value is -0.810. The van der Waals surface area contributed by atoms with Crippen LogP contribution >= 0.6 is 0 Å². The summed E-state index contributed by atoms with van der Waals surface area (Å²) in [5, 5.41) is 2.91. The molecule has 22 heavy (non-hydrogen) atoms. The summed E-state index contributed by atoms with van der Waals surface area (Å²) in [6, 6.07) is 1.20. The SMILES string of the molecule is COCCNC(=O)N(C)C1CCN(C2CCC(C)CC2)CC1. The van der Waals surface area contributed by atoms with Crippen molar-refractivity contribution in [2.24, 2.45) is 5.92 Å². The predicted octanol–water partition coefficient (Wildman–Crippen LogP) is 2.32. The molecule has 0 atom stereocenters. The monoisotopic (exact) mass is 311 g/mol. The zero-order valence-electron chi connectivity index (χ0n) is 14.5. The maximum absolute atomic E-state index is 12.1. The van der Waals surface area contributed by atoms with Crippen LogP contribution in [0.5, 0.6) is 0 Å². The Bertz CT molecular complexity index is 335. The Kier molecular flexibility index (Phi) is 6.96. The van der Waals surface area contributed by atoms with Crippen molar-refractivity contribution >= 4 is 6.03 Å². The average Bonchev–Trinajstić information content (AvgIpc) is 2.55. The van der Waals surface area contributed by atoms with Gasteiger partial charge in [0.25, 0.3) is 0 Å². The third-order valence-corrected chi connectivity index (χ3v) is 5.45. The summed E-state index contributed by atoms with van der Waals surface area (Å²) >= 11 is 0. The Morgan fingerprint density at radius 3 is 2.41 bits per heavy atom. The number of carbonyl (C=O) groups excluding carboxylic acids is 1. The van der Waals surface area contributed by atoms with Crippen LogP contribution in [0.25, 0.3) is 0 Å². The molecule has 1 aliphatic heterocycles. The first-order chi connectivity index (χ1) is 10.6. The highest BCUT2D eigenvalue weighted by Crippen LogP contribution is 2.29. The van der Waals surface area contributed by atoms with Crippen LogP contribution in [0, 0.1) is 5.92 Å². The number of likely N-dealkylation sites (tertiary alicyclic amines) is 1. The van der Waals surface area contributed by atoms with Crippen LogP contribution in [0.1, 0.15) is 45.4 Å². The summed E-state index contributed by atoms with van der Waals surface area (Å²) in [7, 11) is 3.57. The molecule has 0 bridgehead atoms. The molecule has 1 heterocycles. The molecule has 2 fully saturated rings. The summed E-state index contributed by atoms with van der Waals surface area (Å²) in [4.78, 5) is 16.6. The summed E-state index contributed by atoms with van der Waals surface area (Å²) in [5.74, 6) is 0.913. The fourth-order valence-electron chi connectivity index (χ4n) is 3.80. The second kappa shape index (κ2) is 8.73. The van der Waals surface area contributed by atoms with Crippen molar-refractivity contribution in [2.45, 2.75) is 57.5 Å². The second-order valence-corrected chi connectivity index (χ2v) is 7.02. The zero-order chi connectivity index (χ0) is 15.9. The normalized spacial score (nSPS) is 27.6. The van der Waals surface area contributed by atoms with Gasteiger partial charge < -0.3 is 19.9 Å². The molecule has 0 radical (unpaired) electrons. The van der Waals surface area contributed by atoms with Crippen molar-refractivity contribution in [3.05, 3.63) is 0 Å². The third-order valence-electron chi connectivity index (χ3n) is 5.45. The van der Waals surface area contributed by atoms with E-state index < -0.39 is 0 Å². The maximum Gasteiger partial charge on any atom is 0.317 e. The van der Waals surface area contributed by atoms with Crippen molar-refractivity contribution in [3.8, 4) is 0 Å². The number of methoxy groups -OCH3 is 1. The summed E-state index contributed by atoms with van der Waals surface area (Å²) in [6.07, 6.45) is 7.68. The number of rotatable bonds is 5. The first kappa shape index (κ1) is 17.5. The number of hydrogen-bond acceptors (Lipinski definition) is 3. The topological polar surface area (TPSA) is 44.8 Å². The Balaban J connectivity index is 1.70. The summed E-state index contributed by atoms with van der Waals surface area (Å²) < 4.78 is 4.97. The molecule has 0 aromatic rings. The van der Waals surface area contributed by atoms with E-state index in [9.17, 15) is 4.79 Å². The Labute approximate surface area is 135 Å². The van der Waals surface area contributed by atoms with Gasteiger partial charge in [-0.05, 0) is 44.4 Å². The number of hydrogen-bond donors (Lipinski definition) is 1. The molecule has 1 saturated carbocycles. The van der Waals surface area contributed by atoms with E-state index in [-0.39, 0.29) is 6.03 Å². The highest BCUT2D eigenvalue weighted by Gasteiger charge is 2.30. The van der Waals surface area contributed by atoms with Crippen molar-refractivity contribution in [3.63, 3.8) is 0 Å². The molecule has 1 N–H and O–H groups in total. The molecule has 2 amide bonds. The number of amides is 2. The number of urea groups is 1. The van der Waals surface area contributed by atoms with Crippen LogP contribution in [0.3, 0.4) is 0 Å². The van der Waals surface area contributed by atoms with Crippen molar-refractivity contribution < 1.29 is 9.53 Å². The smallest absolute Gasteiger partial charge is 0.317 e. The molecule has 0 spiro atoms. The van der Waals surface area contributed by atoms with Gasteiger partial charge in [0.05, 0.1) is 6.61 Å². The van der Waals surface area contributed by atoms with E-state index in [1.807, 2.05) is 11.9 Å². The first-order valence-electron chi connectivity index (χ1n) is 8.85. The first-order valence-corrected chi connectivity index (χ1v) is 8.85. The molecule has 1 saturated heterocycles. The molecule has 128 valence electrons. The number of nitrogens with zero attached hydrogens (tertiary/aromatic N) is 2.